The van der Waals surface area contributed by atoms with Gasteiger partial charge in [0.05, 0.1) is 11.0 Å². The highest BCUT2D eigenvalue weighted by atomic mass is 15.1. The van der Waals surface area contributed by atoms with Crippen molar-refractivity contribution in [2.24, 2.45) is 0 Å². The molecule has 0 radical (unpaired) electrons. The van der Waals surface area contributed by atoms with Crippen molar-refractivity contribution in [3.8, 4) is 5.69 Å². The molecule has 0 aliphatic carbocycles. The van der Waals surface area contributed by atoms with E-state index in [1.54, 1.807) is 0 Å². The number of fused-ring (bicyclic) bond motifs is 3. The highest BCUT2D eigenvalue weighted by Crippen LogP contribution is 2.39. The molecule has 2 nitrogen and oxygen atoms in total. The maximum absolute atomic E-state index is 2.35. The molecule has 5 aromatic carbocycles. The normalized spacial score (nSPS) is 10.2. The summed E-state index contributed by atoms with van der Waals surface area (Å²) in [6.45, 7) is 8.00. The minimum absolute atomic E-state index is 1.14. The Morgan fingerprint density at radius 1 is 0.417 bits per heavy atom. The minimum atomic E-state index is 1.14. The van der Waals surface area contributed by atoms with Gasteiger partial charge in [0, 0.05) is 33.5 Å². The lowest BCUT2D eigenvalue weighted by Crippen LogP contribution is -2.09. The minimum Gasteiger partial charge on any atom is -0.310 e. The first-order valence-corrected chi connectivity index (χ1v) is 12.9. The molecule has 0 saturated carbocycles. The predicted molar refractivity (Wildman–Crippen MR) is 158 cm³/mol. The van der Waals surface area contributed by atoms with Crippen molar-refractivity contribution in [3.63, 3.8) is 0 Å². The Bertz CT molecular complexity index is 1460. The van der Waals surface area contributed by atoms with E-state index >= 15 is 0 Å². The van der Waals surface area contributed by atoms with E-state index in [1.165, 1.54) is 27.5 Å². The summed E-state index contributed by atoms with van der Waals surface area (Å²) in [5, 5.41) is 2.51. The lowest BCUT2D eigenvalue weighted by molar-refractivity contribution is 1.18. The van der Waals surface area contributed by atoms with Gasteiger partial charge in [-0.3, -0.25) is 0 Å². The number of rotatable bonds is 4. The third-order valence-corrected chi connectivity index (χ3v) is 5.96. The number of anilines is 3. The van der Waals surface area contributed by atoms with E-state index in [2.05, 4.69) is 143 Å². The molecule has 0 amide bonds. The van der Waals surface area contributed by atoms with Gasteiger partial charge in [-0.2, -0.15) is 0 Å². The zero-order chi connectivity index (χ0) is 25.3. The van der Waals surface area contributed by atoms with E-state index in [0.29, 0.717) is 0 Å². The van der Waals surface area contributed by atoms with Gasteiger partial charge in [-0.15, -0.1) is 0 Å². The number of hydrogen-bond donors (Lipinski definition) is 0. The summed E-state index contributed by atoms with van der Waals surface area (Å²) < 4.78 is 2.35. The van der Waals surface area contributed by atoms with Crippen molar-refractivity contribution in [3.05, 3.63) is 133 Å². The fourth-order valence-electron chi connectivity index (χ4n) is 4.56. The first kappa shape index (κ1) is 24.8. The van der Waals surface area contributed by atoms with Crippen LogP contribution in [0.15, 0.2) is 133 Å². The van der Waals surface area contributed by atoms with Crippen molar-refractivity contribution in [1.82, 2.24) is 4.57 Å². The molecule has 1 aromatic heterocycles. The fourth-order valence-corrected chi connectivity index (χ4v) is 4.56. The summed E-state index contributed by atoms with van der Waals surface area (Å²) in [7, 11) is 0. The Hall–Kier alpha value is -4.30. The second kappa shape index (κ2) is 11.9. The van der Waals surface area contributed by atoms with Gasteiger partial charge in [0.15, 0.2) is 0 Å². The van der Waals surface area contributed by atoms with Gasteiger partial charge in [-0.1, -0.05) is 100 Å². The van der Waals surface area contributed by atoms with Crippen LogP contribution in [0.1, 0.15) is 27.7 Å². The number of hydrogen-bond acceptors (Lipinski definition) is 1. The largest absolute Gasteiger partial charge is 0.310 e. The highest BCUT2D eigenvalue weighted by molar-refractivity contribution is 6.10. The molecule has 0 unspecified atom stereocenters. The quantitative estimate of drug-likeness (QED) is 0.249. The molecule has 180 valence electrons. The Morgan fingerprint density at radius 2 is 0.889 bits per heavy atom. The Kier molecular flexibility index (Phi) is 8.20. The second-order valence-corrected chi connectivity index (χ2v) is 7.90. The maximum atomic E-state index is 2.35. The zero-order valence-electron chi connectivity index (χ0n) is 21.6. The number of aromatic nitrogens is 1. The van der Waals surface area contributed by atoms with Crippen LogP contribution < -0.4 is 4.90 Å². The van der Waals surface area contributed by atoms with Crippen LogP contribution in [0.25, 0.3) is 27.5 Å². The van der Waals surface area contributed by atoms with E-state index in [-0.39, 0.29) is 0 Å². The Morgan fingerprint density at radius 3 is 1.47 bits per heavy atom. The SMILES string of the molecule is CC.CC.c1ccc(N(c2ccccc2)c2ccc3c(c2)c2ccccc2n3-c2ccccc2)cc1. The number of benzene rings is 5. The number of para-hydroxylation sites is 4. The molecular weight excluding hydrogens is 436 g/mol. The van der Waals surface area contributed by atoms with E-state index in [0.717, 1.165) is 17.1 Å². The first-order valence-electron chi connectivity index (χ1n) is 12.9. The van der Waals surface area contributed by atoms with Crippen molar-refractivity contribution >= 4 is 38.9 Å². The molecule has 6 aromatic rings. The van der Waals surface area contributed by atoms with Crippen LogP contribution in [0.2, 0.25) is 0 Å². The highest BCUT2D eigenvalue weighted by Gasteiger charge is 2.16. The van der Waals surface area contributed by atoms with E-state index in [4.69, 9.17) is 0 Å². The summed E-state index contributed by atoms with van der Waals surface area (Å²) in [5.41, 5.74) is 7.04. The van der Waals surface area contributed by atoms with E-state index in [1.807, 2.05) is 27.7 Å². The fraction of sp³-hybridized carbons (Fsp3) is 0.118. The summed E-state index contributed by atoms with van der Waals surface area (Å²) >= 11 is 0. The van der Waals surface area contributed by atoms with E-state index in [9.17, 15) is 0 Å². The van der Waals surface area contributed by atoms with Crippen LogP contribution >= 0.6 is 0 Å². The predicted octanol–water partition coefficient (Wildman–Crippen LogP) is 10.3. The van der Waals surface area contributed by atoms with Gasteiger partial charge in [0.2, 0.25) is 0 Å². The molecular formula is C34H34N2. The molecule has 0 fully saturated rings. The van der Waals surface area contributed by atoms with Gasteiger partial charge >= 0.3 is 0 Å². The second-order valence-electron chi connectivity index (χ2n) is 7.90. The molecule has 0 N–H and O–H groups in total. The molecule has 0 saturated heterocycles. The summed E-state index contributed by atoms with van der Waals surface area (Å²) in [4.78, 5) is 2.31. The summed E-state index contributed by atoms with van der Waals surface area (Å²) in [5.74, 6) is 0. The molecule has 0 bridgehead atoms. The van der Waals surface area contributed by atoms with Crippen molar-refractivity contribution in [2.45, 2.75) is 27.7 Å². The van der Waals surface area contributed by atoms with E-state index < -0.39 is 0 Å². The van der Waals surface area contributed by atoms with Gasteiger partial charge in [0.1, 0.15) is 0 Å². The smallest absolute Gasteiger partial charge is 0.0542 e. The van der Waals surface area contributed by atoms with Crippen LogP contribution in [-0.2, 0) is 0 Å². The van der Waals surface area contributed by atoms with Crippen LogP contribution in [0.3, 0.4) is 0 Å². The molecule has 0 atom stereocenters. The third kappa shape index (κ3) is 4.76. The number of nitrogens with zero attached hydrogens (tertiary/aromatic N) is 2. The monoisotopic (exact) mass is 470 g/mol. The maximum Gasteiger partial charge on any atom is 0.0542 e. The van der Waals surface area contributed by atoms with Gasteiger partial charge in [0.25, 0.3) is 0 Å². The molecule has 0 aliphatic rings. The van der Waals surface area contributed by atoms with Gasteiger partial charge < -0.3 is 9.47 Å². The van der Waals surface area contributed by atoms with Gasteiger partial charge in [-0.05, 0) is 60.7 Å². The molecule has 0 aliphatic heterocycles. The molecule has 36 heavy (non-hydrogen) atoms. The summed E-state index contributed by atoms with van der Waals surface area (Å²) in [6, 6.07) is 47.1. The topological polar surface area (TPSA) is 8.17 Å². The molecule has 1 heterocycles. The van der Waals surface area contributed by atoms with Crippen LogP contribution in [-0.4, -0.2) is 4.57 Å². The van der Waals surface area contributed by atoms with Crippen molar-refractivity contribution in [2.75, 3.05) is 4.90 Å². The van der Waals surface area contributed by atoms with Crippen LogP contribution in [0.5, 0.6) is 0 Å². The molecule has 0 spiro atoms. The lowest BCUT2D eigenvalue weighted by Gasteiger charge is -2.25. The lowest BCUT2D eigenvalue weighted by atomic mass is 10.1. The molecule has 6 rings (SSSR count). The Labute approximate surface area is 215 Å². The average molecular weight is 471 g/mol. The molecule has 2 heteroatoms. The Balaban J connectivity index is 0.000000726. The average Bonchev–Trinajstić information content (AvgIpc) is 3.31. The standard InChI is InChI=1S/C30H22N2.2C2H6/c1-4-12-23(13-5-1)31(24-14-6-2-7-15-24)26-20-21-30-28(22-26)27-18-10-11-19-29(27)32(30)25-16-8-3-9-17-25;2*1-2/h1-22H;2*1-2H3. The van der Waals surface area contributed by atoms with Gasteiger partial charge in [-0.25, -0.2) is 0 Å². The summed E-state index contributed by atoms with van der Waals surface area (Å²) in [6.07, 6.45) is 0. The van der Waals surface area contributed by atoms with Crippen molar-refractivity contribution < 1.29 is 0 Å². The zero-order valence-corrected chi connectivity index (χ0v) is 21.6. The third-order valence-electron chi connectivity index (χ3n) is 5.96. The van der Waals surface area contributed by atoms with Crippen LogP contribution in [0, 0.1) is 0 Å². The first-order chi connectivity index (χ1) is 17.9. The van der Waals surface area contributed by atoms with Crippen LogP contribution in [0.4, 0.5) is 17.1 Å². The van der Waals surface area contributed by atoms with Crippen molar-refractivity contribution in [1.29, 1.82) is 0 Å².